The lowest BCUT2D eigenvalue weighted by Crippen LogP contribution is -2.36. The second kappa shape index (κ2) is 7.77. The van der Waals surface area contributed by atoms with Crippen molar-refractivity contribution in [3.63, 3.8) is 0 Å². The van der Waals surface area contributed by atoms with Gasteiger partial charge in [-0.1, -0.05) is 31.4 Å². The van der Waals surface area contributed by atoms with E-state index in [2.05, 4.69) is 4.98 Å². The monoisotopic (exact) mass is 352 g/mol. The Labute approximate surface area is 153 Å². The normalized spacial score (nSPS) is 16.5. The van der Waals surface area contributed by atoms with Gasteiger partial charge in [-0.15, -0.1) is 0 Å². The molecule has 26 heavy (non-hydrogen) atoms. The summed E-state index contributed by atoms with van der Waals surface area (Å²) in [5, 5.41) is 0. The number of ether oxygens (including phenoxy) is 2. The van der Waals surface area contributed by atoms with Gasteiger partial charge in [-0.25, -0.2) is 0 Å². The topological polar surface area (TPSA) is 51.7 Å². The van der Waals surface area contributed by atoms with Crippen molar-refractivity contribution >= 4 is 5.91 Å². The fourth-order valence-electron chi connectivity index (χ4n) is 3.79. The maximum Gasteiger partial charge on any atom is 0.231 e. The van der Waals surface area contributed by atoms with E-state index in [9.17, 15) is 4.79 Å². The highest BCUT2D eigenvalue weighted by atomic mass is 16.7. The van der Waals surface area contributed by atoms with E-state index in [-0.39, 0.29) is 18.6 Å². The van der Waals surface area contributed by atoms with Crippen molar-refractivity contribution < 1.29 is 14.3 Å². The van der Waals surface area contributed by atoms with Crippen molar-refractivity contribution in [1.29, 1.82) is 0 Å². The molecule has 1 aromatic heterocycles. The summed E-state index contributed by atoms with van der Waals surface area (Å²) in [6, 6.07) is 9.85. The number of fused-ring (bicyclic) bond motifs is 1. The van der Waals surface area contributed by atoms with Crippen LogP contribution in [0.1, 0.15) is 43.2 Å². The summed E-state index contributed by atoms with van der Waals surface area (Å²) >= 11 is 0. The van der Waals surface area contributed by atoms with Crippen LogP contribution in [-0.2, 0) is 17.9 Å². The van der Waals surface area contributed by atoms with Crippen LogP contribution in [0.2, 0.25) is 0 Å². The van der Waals surface area contributed by atoms with Gasteiger partial charge < -0.3 is 14.4 Å². The Morgan fingerprint density at radius 3 is 2.65 bits per heavy atom. The third-order valence-electron chi connectivity index (χ3n) is 5.17. The summed E-state index contributed by atoms with van der Waals surface area (Å²) in [6.07, 6.45) is 9.15. The van der Waals surface area contributed by atoms with Crippen LogP contribution in [0.25, 0.3) is 0 Å². The first-order valence-corrected chi connectivity index (χ1v) is 9.36. The van der Waals surface area contributed by atoms with Gasteiger partial charge >= 0.3 is 0 Å². The number of rotatable bonds is 5. The molecular formula is C21H24N2O3. The third-order valence-corrected chi connectivity index (χ3v) is 5.17. The minimum Gasteiger partial charge on any atom is -0.454 e. The molecule has 1 fully saturated rings. The van der Waals surface area contributed by atoms with E-state index >= 15 is 0 Å². The molecule has 2 aromatic rings. The van der Waals surface area contributed by atoms with Crippen molar-refractivity contribution in [2.75, 3.05) is 6.79 Å². The van der Waals surface area contributed by atoms with Gasteiger partial charge in [0.1, 0.15) is 0 Å². The Kier molecular flexibility index (Phi) is 5.04. The Hall–Kier alpha value is -2.56. The molecule has 5 heteroatoms. The summed E-state index contributed by atoms with van der Waals surface area (Å²) in [7, 11) is 0. The van der Waals surface area contributed by atoms with Gasteiger partial charge in [0.05, 0.1) is 0 Å². The highest BCUT2D eigenvalue weighted by Gasteiger charge is 2.26. The van der Waals surface area contributed by atoms with Crippen molar-refractivity contribution in [1.82, 2.24) is 9.88 Å². The van der Waals surface area contributed by atoms with Crippen LogP contribution < -0.4 is 9.47 Å². The summed E-state index contributed by atoms with van der Waals surface area (Å²) in [5.41, 5.74) is 2.11. The van der Waals surface area contributed by atoms with E-state index < -0.39 is 0 Å². The van der Waals surface area contributed by atoms with Gasteiger partial charge in [0, 0.05) is 31.4 Å². The van der Waals surface area contributed by atoms with Crippen LogP contribution in [0.4, 0.5) is 0 Å². The number of pyridine rings is 1. The molecular weight excluding hydrogens is 328 g/mol. The molecule has 1 aromatic carbocycles. The maximum absolute atomic E-state index is 13.2. The molecule has 4 rings (SSSR count). The number of aromatic nitrogens is 1. The zero-order valence-corrected chi connectivity index (χ0v) is 14.9. The molecule has 1 amide bonds. The third kappa shape index (κ3) is 3.82. The minimum absolute atomic E-state index is 0.148. The van der Waals surface area contributed by atoms with E-state index in [1.54, 1.807) is 6.20 Å². The summed E-state index contributed by atoms with van der Waals surface area (Å²) in [6.45, 7) is 1.41. The van der Waals surface area contributed by atoms with Crippen LogP contribution in [-0.4, -0.2) is 22.6 Å². The molecule has 0 saturated heterocycles. The zero-order valence-electron chi connectivity index (χ0n) is 14.9. The number of carbonyl (C=O) groups excluding carboxylic acids is 1. The second-order valence-electron chi connectivity index (χ2n) is 7.08. The van der Waals surface area contributed by atoms with E-state index in [4.69, 9.17) is 9.47 Å². The van der Waals surface area contributed by atoms with Gasteiger partial charge in [-0.05, 0) is 42.2 Å². The lowest BCUT2D eigenvalue weighted by molar-refractivity contribution is -0.137. The zero-order chi connectivity index (χ0) is 17.8. The van der Waals surface area contributed by atoms with E-state index in [0.29, 0.717) is 13.1 Å². The quantitative estimate of drug-likeness (QED) is 0.818. The molecule has 0 atom stereocenters. The van der Waals surface area contributed by atoms with Crippen LogP contribution in [0.5, 0.6) is 11.5 Å². The Morgan fingerprint density at radius 2 is 1.85 bits per heavy atom. The molecule has 1 saturated carbocycles. The first-order valence-electron chi connectivity index (χ1n) is 9.36. The molecule has 0 unspecified atom stereocenters. The largest absolute Gasteiger partial charge is 0.454 e. The van der Waals surface area contributed by atoms with E-state index in [1.807, 2.05) is 41.4 Å². The molecule has 1 aliphatic heterocycles. The van der Waals surface area contributed by atoms with Crippen molar-refractivity contribution in [2.45, 2.75) is 45.2 Å². The summed E-state index contributed by atoms with van der Waals surface area (Å²) in [5.74, 6) is 1.93. The van der Waals surface area contributed by atoms with Crippen molar-refractivity contribution in [3.05, 3.63) is 53.9 Å². The first-order chi connectivity index (χ1) is 12.8. The highest BCUT2D eigenvalue weighted by molar-refractivity contribution is 5.79. The van der Waals surface area contributed by atoms with Gasteiger partial charge in [0.15, 0.2) is 11.5 Å². The van der Waals surface area contributed by atoms with Gasteiger partial charge in [-0.2, -0.15) is 0 Å². The maximum atomic E-state index is 13.2. The molecule has 0 N–H and O–H groups in total. The molecule has 1 aliphatic carbocycles. The summed E-state index contributed by atoms with van der Waals surface area (Å²) < 4.78 is 10.9. The first kappa shape index (κ1) is 16.9. The lowest BCUT2D eigenvalue weighted by Gasteiger charge is -2.29. The number of nitrogens with zero attached hydrogens (tertiary/aromatic N) is 2. The molecule has 136 valence electrons. The molecule has 5 nitrogen and oxygen atoms in total. The lowest BCUT2D eigenvalue weighted by atomic mass is 9.88. The Morgan fingerprint density at radius 1 is 1.04 bits per heavy atom. The summed E-state index contributed by atoms with van der Waals surface area (Å²) in [4.78, 5) is 19.3. The predicted molar refractivity (Wildman–Crippen MR) is 97.6 cm³/mol. The van der Waals surface area contributed by atoms with Crippen LogP contribution in [0.15, 0.2) is 42.7 Å². The number of hydrogen-bond acceptors (Lipinski definition) is 4. The fraction of sp³-hybridized carbons (Fsp3) is 0.429. The van der Waals surface area contributed by atoms with Gasteiger partial charge in [0.2, 0.25) is 12.7 Å². The number of benzene rings is 1. The molecule has 2 heterocycles. The average Bonchev–Trinajstić information content (AvgIpc) is 3.16. The Balaban J connectivity index is 1.54. The van der Waals surface area contributed by atoms with Crippen molar-refractivity contribution in [2.24, 2.45) is 5.92 Å². The molecule has 0 spiro atoms. The molecule has 0 radical (unpaired) electrons. The minimum atomic E-state index is 0.148. The standard InChI is InChI=1S/C21H24N2O3/c24-21(18-6-2-1-3-7-18)23(14-17-5-4-10-22-12-17)13-16-8-9-19-20(11-16)26-15-25-19/h4-5,8-12,18H,1-3,6-7,13-15H2. The highest BCUT2D eigenvalue weighted by Crippen LogP contribution is 2.33. The van der Waals surface area contributed by atoms with Crippen molar-refractivity contribution in [3.8, 4) is 11.5 Å². The fourth-order valence-corrected chi connectivity index (χ4v) is 3.79. The number of amides is 1. The molecule has 0 bridgehead atoms. The van der Waals surface area contributed by atoms with Crippen LogP contribution >= 0.6 is 0 Å². The second-order valence-corrected chi connectivity index (χ2v) is 7.08. The van der Waals surface area contributed by atoms with E-state index in [1.165, 1.54) is 6.42 Å². The molecule has 2 aliphatic rings. The number of carbonyl (C=O) groups is 1. The SMILES string of the molecule is O=C(C1CCCCC1)N(Cc1cccnc1)Cc1ccc2c(c1)OCO2. The average molecular weight is 352 g/mol. The number of hydrogen-bond donors (Lipinski definition) is 0. The van der Waals surface area contributed by atoms with Crippen LogP contribution in [0.3, 0.4) is 0 Å². The van der Waals surface area contributed by atoms with Gasteiger partial charge in [0.25, 0.3) is 0 Å². The Bertz CT molecular complexity index is 757. The smallest absolute Gasteiger partial charge is 0.231 e. The van der Waals surface area contributed by atoms with Gasteiger partial charge in [-0.3, -0.25) is 9.78 Å². The van der Waals surface area contributed by atoms with E-state index in [0.717, 1.165) is 48.3 Å². The predicted octanol–water partition coefficient (Wildman–Crippen LogP) is 3.92. The van der Waals surface area contributed by atoms with Crippen LogP contribution in [0, 0.1) is 5.92 Å².